The fourth-order valence-electron chi connectivity index (χ4n) is 4.75. The first kappa shape index (κ1) is 28.8. The fourth-order valence-corrected chi connectivity index (χ4v) is 4.75. The zero-order valence-electron chi connectivity index (χ0n) is 23.0. The molecule has 1 aliphatic carbocycles. The first-order valence-corrected chi connectivity index (χ1v) is 13.1. The van der Waals surface area contributed by atoms with Gasteiger partial charge in [-0.3, -0.25) is 0 Å². The van der Waals surface area contributed by atoms with Gasteiger partial charge in [-0.15, -0.1) is 0 Å². The molecule has 0 unspecified atom stereocenters. The van der Waals surface area contributed by atoms with Gasteiger partial charge in [0.25, 0.3) is 0 Å². The molecule has 0 radical (unpaired) electrons. The molecule has 0 amide bonds. The summed E-state index contributed by atoms with van der Waals surface area (Å²) in [6, 6.07) is 9.64. The molecular weight excluding hydrogens is 464 g/mol. The Kier molecular flexibility index (Phi) is 10.3. The lowest BCUT2D eigenvalue weighted by atomic mass is 9.72. The van der Waals surface area contributed by atoms with E-state index >= 15 is 0 Å². The number of aliphatic hydroxyl groups excluding tert-OH is 1. The molecule has 0 atom stereocenters. The largest absolute Gasteiger partial charge is 0.462 e. The van der Waals surface area contributed by atoms with E-state index < -0.39 is 17.7 Å². The summed E-state index contributed by atoms with van der Waals surface area (Å²) in [5, 5.41) is 9.94. The lowest BCUT2D eigenvalue weighted by molar-refractivity contribution is -0.249. The Labute approximate surface area is 222 Å². The molecule has 0 bridgehead atoms. The minimum atomic E-state index is -0.772. The van der Waals surface area contributed by atoms with E-state index in [0.29, 0.717) is 0 Å². The number of carbonyl (C=O) groups is 1. The molecule has 1 N–H and O–H groups in total. The van der Waals surface area contributed by atoms with Gasteiger partial charge in [-0.25, -0.2) is 4.79 Å². The third kappa shape index (κ3) is 8.39. The van der Waals surface area contributed by atoms with Crippen LogP contribution in [0, 0.1) is 10.8 Å². The quantitative estimate of drug-likeness (QED) is 0.227. The van der Waals surface area contributed by atoms with E-state index in [2.05, 4.69) is 39.8 Å². The molecule has 1 aliphatic heterocycles. The van der Waals surface area contributed by atoms with Crippen LogP contribution >= 0.6 is 0 Å². The maximum absolute atomic E-state index is 12.4. The van der Waals surface area contributed by atoms with Gasteiger partial charge in [0.1, 0.15) is 6.61 Å². The molecule has 2 aliphatic rings. The van der Waals surface area contributed by atoms with E-state index in [-0.39, 0.29) is 31.8 Å². The summed E-state index contributed by atoms with van der Waals surface area (Å²) in [6.07, 6.45) is 14.9. The molecule has 37 heavy (non-hydrogen) atoms. The van der Waals surface area contributed by atoms with Crippen molar-refractivity contribution in [2.75, 3.05) is 26.4 Å². The average molecular weight is 507 g/mol. The van der Waals surface area contributed by atoms with Crippen molar-refractivity contribution in [2.45, 2.75) is 60.2 Å². The summed E-state index contributed by atoms with van der Waals surface area (Å²) in [5.74, 6) is -0.456. The van der Waals surface area contributed by atoms with Crippen LogP contribution in [-0.2, 0) is 19.0 Å². The highest BCUT2D eigenvalue weighted by Crippen LogP contribution is 2.40. The number of hydrogen-bond donors (Lipinski definition) is 1. The Hall–Kier alpha value is -2.73. The first-order valence-electron chi connectivity index (χ1n) is 13.1. The molecule has 3 rings (SSSR count). The summed E-state index contributed by atoms with van der Waals surface area (Å²) in [5.41, 5.74) is 5.22. The van der Waals surface area contributed by atoms with E-state index in [1.165, 1.54) is 36.5 Å². The maximum atomic E-state index is 12.4. The zero-order chi connectivity index (χ0) is 26.9. The van der Waals surface area contributed by atoms with Crippen LogP contribution in [0.4, 0.5) is 0 Å². The molecule has 1 saturated heterocycles. The molecule has 1 heterocycles. The average Bonchev–Trinajstić information content (AvgIpc) is 2.87. The molecule has 5 heteroatoms. The normalized spacial score (nSPS) is 25.2. The highest BCUT2D eigenvalue weighted by Gasteiger charge is 2.38. The van der Waals surface area contributed by atoms with E-state index in [9.17, 15) is 9.90 Å². The number of aliphatic hydroxyl groups is 1. The molecule has 1 fully saturated rings. The van der Waals surface area contributed by atoms with Crippen LogP contribution in [0.2, 0.25) is 0 Å². The second kappa shape index (κ2) is 13.2. The van der Waals surface area contributed by atoms with Gasteiger partial charge < -0.3 is 19.3 Å². The van der Waals surface area contributed by atoms with Crippen LogP contribution in [0.1, 0.15) is 65.7 Å². The van der Waals surface area contributed by atoms with Gasteiger partial charge in [0.15, 0.2) is 6.29 Å². The smallest absolute Gasteiger partial charge is 0.331 e. The van der Waals surface area contributed by atoms with E-state index in [1.54, 1.807) is 0 Å². The highest BCUT2D eigenvalue weighted by atomic mass is 16.7. The van der Waals surface area contributed by atoms with E-state index in [0.717, 1.165) is 16.7 Å². The third-order valence-corrected chi connectivity index (χ3v) is 7.13. The van der Waals surface area contributed by atoms with Crippen LogP contribution in [0.25, 0.3) is 0 Å². The summed E-state index contributed by atoms with van der Waals surface area (Å²) < 4.78 is 17.1. The number of ether oxygens (including phenoxy) is 3. The molecular formula is C32H42O5. The number of allylic oxidation sites excluding steroid dienone is 9. The Morgan fingerprint density at radius 1 is 1.11 bits per heavy atom. The fraction of sp³-hybridized carbons (Fsp3) is 0.469. The minimum Gasteiger partial charge on any atom is -0.462 e. The van der Waals surface area contributed by atoms with Crippen molar-refractivity contribution in [3.63, 3.8) is 0 Å². The van der Waals surface area contributed by atoms with Gasteiger partial charge in [0, 0.05) is 11.6 Å². The Balaban J connectivity index is 1.49. The second-order valence-electron chi connectivity index (χ2n) is 11.1. The molecule has 200 valence electrons. The van der Waals surface area contributed by atoms with Crippen LogP contribution in [0.15, 0.2) is 89.1 Å². The summed E-state index contributed by atoms with van der Waals surface area (Å²) in [4.78, 5) is 12.4. The van der Waals surface area contributed by atoms with E-state index in [4.69, 9.17) is 14.2 Å². The van der Waals surface area contributed by atoms with E-state index in [1.807, 2.05) is 55.5 Å². The lowest BCUT2D eigenvalue weighted by Gasteiger charge is -2.38. The number of carbonyl (C=O) groups excluding carboxylic acids is 1. The number of hydrogen-bond acceptors (Lipinski definition) is 5. The van der Waals surface area contributed by atoms with Crippen molar-refractivity contribution in [1.29, 1.82) is 0 Å². The van der Waals surface area contributed by atoms with Crippen LogP contribution < -0.4 is 0 Å². The van der Waals surface area contributed by atoms with Gasteiger partial charge in [-0.05, 0) is 56.6 Å². The first-order chi connectivity index (χ1) is 17.6. The second-order valence-corrected chi connectivity index (χ2v) is 11.1. The van der Waals surface area contributed by atoms with Gasteiger partial charge in [-0.1, -0.05) is 85.7 Å². The van der Waals surface area contributed by atoms with Crippen molar-refractivity contribution >= 4 is 5.97 Å². The van der Waals surface area contributed by atoms with Gasteiger partial charge in [0.2, 0.25) is 0 Å². The molecule has 0 spiro atoms. The molecule has 5 nitrogen and oxygen atoms in total. The monoisotopic (exact) mass is 506 g/mol. The van der Waals surface area contributed by atoms with Crippen LogP contribution in [0.5, 0.6) is 0 Å². The van der Waals surface area contributed by atoms with Crippen molar-refractivity contribution < 1.29 is 24.1 Å². The van der Waals surface area contributed by atoms with Gasteiger partial charge in [0.05, 0.1) is 25.2 Å². The number of rotatable bonds is 9. The van der Waals surface area contributed by atoms with Crippen LogP contribution in [0.3, 0.4) is 0 Å². The standard InChI is InChI=1S/C32H42O5/c1-24(16-17-28-26(3)13-10-18-31(28,4)5)11-9-12-25(2)19-29(34)35-21-32(20-33)22-36-30(37-23-32)27-14-7-6-8-15-27/h6-9,11-12,14-17,19,30,33H,10,13,18,20-23H2,1-5H3/b12-9?,17-16?,24-11?,25-19+. The molecule has 1 aromatic carbocycles. The molecule has 0 saturated carbocycles. The van der Waals surface area contributed by atoms with Gasteiger partial charge >= 0.3 is 5.97 Å². The van der Waals surface area contributed by atoms with Crippen molar-refractivity contribution in [1.82, 2.24) is 0 Å². The van der Waals surface area contributed by atoms with Crippen molar-refractivity contribution in [3.05, 3.63) is 94.6 Å². The summed E-state index contributed by atoms with van der Waals surface area (Å²) >= 11 is 0. The van der Waals surface area contributed by atoms with Crippen LogP contribution in [-0.4, -0.2) is 37.5 Å². The Morgan fingerprint density at radius 3 is 2.46 bits per heavy atom. The third-order valence-electron chi connectivity index (χ3n) is 7.13. The lowest BCUT2D eigenvalue weighted by Crippen LogP contribution is -2.45. The van der Waals surface area contributed by atoms with Gasteiger partial charge in [-0.2, -0.15) is 0 Å². The predicted octanol–water partition coefficient (Wildman–Crippen LogP) is 6.79. The summed E-state index contributed by atoms with van der Waals surface area (Å²) in [6.45, 7) is 11.1. The number of esters is 1. The topological polar surface area (TPSA) is 65.0 Å². The zero-order valence-corrected chi connectivity index (χ0v) is 23.0. The SMILES string of the molecule is CC(C=CC1=C(C)CCCC1(C)C)=CC=C/C(C)=C/C(=O)OCC1(CO)COC(c2ccccc2)OC1. The number of benzene rings is 1. The van der Waals surface area contributed by atoms with Crippen molar-refractivity contribution in [2.24, 2.45) is 10.8 Å². The predicted molar refractivity (Wildman–Crippen MR) is 148 cm³/mol. The Bertz CT molecular complexity index is 1060. The molecule has 1 aromatic rings. The highest BCUT2D eigenvalue weighted by molar-refractivity contribution is 5.83. The maximum Gasteiger partial charge on any atom is 0.331 e. The molecule has 0 aromatic heterocycles. The van der Waals surface area contributed by atoms with Crippen molar-refractivity contribution in [3.8, 4) is 0 Å². The Morgan fingerprint density at radius 2 is 1.81 bits per heavy atom. The summed E-state index contributed by atoms with van der Waals surface area (Å²) in [7, 11) is 0. The minimum absolute atomic E-state index is 0.0206.